The molecule has 0 N–H and O–H groups in total. The van der Waals surface area contributed by atoms with E-state index in [1.165, 1.54) is 0 Å². The van der Waals surface area contributed by atoms with Gasteiger partial charge in [-0.3, -0.25) is 9.59 Å². The minimum absolute atomic E-state index is 0.196. The SMILES string of the molecule is C=CCOc1cccc(C=C2C(=O)c3ccccc3C2=O)c1. The predicted molar refractivity (Wildman–Crippen MR) is 85.2 cm³/mol. The van der Waals surface area contributed by atoms with Crippen LogP contribution in [-0.2, 0) is 0 Å². The fraction of sp³-hybridized carbons (Fsp3) is 0.0526. The molecule has 0 bridgehead atoms. The van der Waals surface area contributed by atoms with E-state index in [1.807, 2.05) is 18.2 Å². The van der Waals surface area contributed by atoms with Gasteiger partial charge in [0.05, 0.1) is 5.57 Å². The quantitative estimate of drug-likeness (QED) is 0.490. The van der Waals surface area contributed by atoms with Crippen molar-refractivity contribution in [3.05, 3.63) is 83.4 Å². The molecule has 1 aliphatic rings. The summed E-state index contributed by atoms with van der Waals surface area (Å²) in [5, 5.41) is 0. The molecule has 2 aromatic rings. The summed E-state index contributed by atoms with van der Waals surface area (Å²) >= 11 is 0. The Hall–Kier alpha value is -2.94. The zero-order chi connectivity index (χ0) is 15.5. The molecular formula is C19H14O3. The lowest BCUT2D eigenvalue weighted by atomic mass is 10.1. The Bertz CT molecular complexity index is 763. The van der Waals surface area contributed by atoms with Gasteiger partial charge in [0.15, 0.2) is 11.6 Å². The lowest BCUT2D eigenvalue weighted by Gasteiger charge is -2.04. The summed E-state index contributed by atoms with van der Waals surface area (Å²) in [5.41, 5.74) is 1.89. The first kappa shape index (κ1) is 14.0. The van der Waals surface area contributed by atoms with Crippen LogP contribution in [-0.4, -0.2) is 18.2 Å². The third-order valence-electron chi connectivity index (χ3n) is 3.44. The first-order valence-corrected chi connectivity index (χ1v) is 6.94. The van der Waals surface area contributed by atoms with Gasteiger partial charge in [-0.2, -0.15) is 0 Å². The van der Waals surface area contributed by atoms with Crippen molar-refractivity contribution in [3.63, 3.8) is 0 Å². The summed E-state index contributed by atoms with van der Waals surface area (Å²) in [4.78, 5) is 24.7. The molecule has 22 heavy (non-hydrogen) atoms. The van der Waals surface area contributed by atoms with Crippen molar-refractivity contribution in [3.8, 4) is 5.75 Å². The van der Waals surface area contributed by atoms with Crippen LogP contribution in [0.4, 0.5) is 0 Å². The van der Waals surface area contributed by atoms with Gasteiger partial charge in [0.25, 0.3) is 0 Å². The van der Waals surface area contributed by atoms with Gasteiger partial charge >= 0.3 is 0 Å². The van der Waals surface area contributed by atoms with Crippen LogP contribution >= 0.6 is 0 Å². The highest BCUT2D eigenvalue weighted by atomic mass is 16.5. The van der Waals surface area contributed by atoms with Crippen LogP contribution in [0.15, 0.2) is 66.8 Å². The maximum absolute atomic E-state index is 12.3. The van der Waals surface area contributed by atoms with Gasteiger partial charge in [-0.15, -0.1) is 0 Å². The minimum atomic E-state index is -0.224. The van der Waals surface area contributed by atoms with E-state index in [9.17, 15) is 9.59 Å². The Morgan fingerprint density at radius 3 is 2.27 bits per heavy atom. The van der Waals surface area contributed by atoms with Crippen LogP contribution in [0.25, 0.3) is 6.08 Å². The summed E-state index contributed by atoms with van der Waals surface area (Å²) in [6.07, 6.45) is 3.28. The number of ketones is 2. The van der Waals surface area contributed by atoms with Gasteiger partial charge in [-0.1, -0.05) is 49.1 Å². The average molecular weight is 290 g/mol. The topological polar surface area (TPSA) is 43.4 Å². The number of ether oxygens (including phenoxy) is 1. The van der Waals surface area contributed by atoms with E-state index in [-0.39, 0.29) is 17.1 Å². The van der Waals surface area contributed by atoms with Crippen molar-refractivity contribution in [2.24, 2.45) is 0 Å². The Balaban J connectivity index is 1.95. The Kier molecular flexibility index (Phi) is 3.71. The van der Waals surface area contributed by atoms with E-state index in [2.05, 4.69) is 6.58 Å². The molecule has 0 spiro atoms. The van der Waals surface area contributed by atoms with Gasteiger partial charge in [0.1, 0.15) is 12.4 Å². The second-order valence-electron chi connectivity index (χ2n) is 4.93. The monoisotopic (exact) mass is 290 g/mol. The molecule has 0 atom stereocenters. The van der Waals surface area contributed by atoms with Gasteiger partial charge in [0.2, 0.25) is 0 Å². The molecule has 2 aromatic carbocycles. The minimum Gasteiger partial charge on any atom is -0.490 e. The maximum atomic E-state index is 12.3. The van der Waals surface area contributed by atoms with Crippen LogP contribution in [0.5, 0.6) is 5.75 Å². The Morgan fingerprint density at radius 2 is 1.64 bits per heavy atom. The summed E-state index contributed by atoms with van der Waals surface area (Å²) in [5.74, 6) is 0.223. The highest BCUT2D eigenvalue weighted by Crippen LogP contribution is 2.28. The van der Waals surface area contributed by atoms with E-state index in [1.54, 1.807) is 42.5 Å². The maximum Gasteiger partial charge on any atom is 0.197 e. The molecule has 3 rings (SSSR count). The van der Waals surface area contributed by atoms with Crippen molar-refractivity contribution in [2.75, 3.05) is 6.61 Å². The molecule has 108 valence electrons. The van der Waals surface area contributed by atoms with Gasteiger partial charge < -0.3 is 4.74 Å². The third kappa shape index (κ3) is 2.49. The molecule has 0 amide bonds. The van der Waals surface area contributed by atoms with Gasteiger partial charge in [-0.25, -0.2) is 0 Å². The van der Waals surface area contributed by atoms with E-state index in [0.29, 0.717) is 23.5 Å². The van der Waals surface area contributed by atoms with Crippen molar-refractivity contribution >= 4 is 17.6 Å². The number of allylic oxidation sites excluding steroid dienone is 1. The normalized spacial score (nSPS) is 13.0. The smallest absolute Gasteiger partial charge is 0.197 e. The number of Topliss-reactive ketones (excluding diaryl/α,β-unsaturated/α-hetero) is 2. The number of benzene rings is 2. The molecule has 0 saturated carbocycles. The van der Waals surface area contributed by atoms with Gasteiger partial charge in [0, 0.05) is 11.1 Å². The molecule has 0 saturated heterocycles. The Labute approximate surface area is 128 Å². The number of hydrogen-bond donors (Lipinski definition) is 0. The number of hydrogen-bond acceptors (Lipinski definition) is 3. The first-order valence-electron chi connectivity index (χ1n) is 6.94. The molecule has 0 unspecified atom stereocenters. The second-order valence-corrected chi connectivity index (χ2v) is 4.93. The van der Waals surface area contributed by atoms with Crippen molar-refractivity contribution < 1.29 is 14.3 Å². The third-order valence-corrected chi connectivity index (χ3v) is 3.44. The zero-order valence-electron chi connectivity index (χ0n) is 11.9. The number of carbonyl (C=O) groups excluding carboxylic acids is 2. The number of carbonyl (C=O) groups is 2. The number of fused-ring (bicyclic) bond motifs is 1. The first-order chi connectivity index (χ1) is 10.7. The standard InChI is InChI=1S/C19H14O3/c1-2-10-22-14-7-5-6-13(11-14)12-17-18(20)15-8-3-4-9-16(15)19(17)21/h2-9,11-12H,1,10H2. The fourth-order valence-electron chi connectivity index (χ4n) is 2.42. The summed E-state index contributed by atoms with van der Waals surface area (Å²) < 4.78 is 5.46. The predicted octanol–water partition coefficient (Wildman–Crippen LogP) is 3.71. The molecule has 0 aromatic heterocycles. The van der Waals surface area contributed by atoms with Crippen LogP contribution in [0.1, 0.15) is 26.3 Å². The van der Waals surface area contributed by atoms with Crippen LogP contribution < -0.4 is 4.74 Å². The molecular weight excluding hydrogens is 276 g/mol. The summed E-state index contributed by atoms with van der Waals surface area (Å²) in [7, 11) is 0. The lowest BCUT2D eigenvalue weighted by Crippen LogP contribution is -2.00. The molecule has 0 aliphatic heterocycles. The highest BCUT2D eigenvalue weighted by Gasteiger charge is 2.32. The van der Waals surface area contributed by atoms with E-state index in [0.717, 1.165) is 5.56 Å². The molecule has 0 fully saturated rings. The number of rotatable bonds is 4. The van der Waals surface area contributed by atoms with Gasteiger partial charge in [-0.05, 0) is 23.8 Å². The zero-order valence-corrected chi connectivity index (χ0v) is 11.9. The van der Waals surface area contributed by atoms with Crippen LogP contribution in [0.2, 0.25) is 0 Å². The lowest BCUT2D eigenvalue weighted by molar-refractivity contribution is 0.0990. The van der Waals surface area contributed by atoms with Crippen molar-refractivity contribution in [2.45, 2.75) is 0 Å². The fourth-order valence-corrected chi connectivity index (χ4v) is 2.42. The summed E-state index contributed by atoms with van der Waals surface area (Å²) in [6.45, 7) is 4.00. The molecule has 3 nitrogen and oxygen atoms in total. The van der Waals surface area contributed by atoms with E-state index in [4.69, 9.17) is 4.74 Å². The Morgan fingerprint density at radius 1 is 0.955 bits per heavy atom. The van der Waals surface area contributed by atoms with Crippen LogP contribution in [0.3, 0.4) is 0 Å². The van der Waals surface area contributed by atoms with Crippen LogP contribution in [0, 0.1) is 0 Å². The average Bonchev–Trinajstić information content (AvgIpc) is 2.79. The highest BCUT2D eigenvalue weighted by molar-refractivity contribution is 6.41. The van der Waals surface area contributed by atoms with E-state index >= 15 is 0 Å². The molecule has 3 heteroatoms. The summed E-state index contributed by atoms with van der Waals surface area (Å²) in [6, 6.07) is 14.1. The molecule has 0 heterocycles. The largest absolute Gasteiger partial charge is 0.490 e. The van der Waals surface area contributed by atoms with Crippen molar-refractivity contribution in [1.82, 2.24) is 0 Å². The van der Waals surface area contributed by atoms with E-state index < -0.39 is 0 Å². The van der Waals surface area contributed by atoms with Crippen molar-refractivity contribution in [1.29, 1.82) is 0 Å². The molecule has 1 aliphatic carbocycles. The molecule has 0 radical (unpaired) electrons. The second kappa shape index (κ2) is 5.82.